The van der Waals surface area contributed by atoms with Crippen molar-refractivity contribution in [3.63, 3.8) is 0 Å². The van der Waals surface area contributed by atoms with Crippen LogP contribution in [0.2, 0.25) is 0 Å². The monoisotopic (exact) mass is 296 g/mol. The van der Waals surface area contributed by atoms with Gasteiger partial charge in [-0.05, 0) is 36.6 Å². The summed E-state index contributed by atoms with van der Waals surface area (Å²) in [6.07, 6.45) is 3.04. The van der Waals surface area contributed by atoms with Crippen LogP contribution in [0.5, 0.6) is 0 Å². The number of nitriles is 1. The molecule has 0 fully saturated rings. The Morgan fingerprint density at radius 3 is 2.59 bits per heavy atom. The molecule has 0 N–H and O–H groups in total. The molecule has 0 saturated heterocycles. The molecule has 4 nitrogen and oxygen atoms in total. The molecule has 1 atom stereocenters. The maximum Gasteiger partial charge on any atom is 0.237 e. The van der Waals surface area contributed by atoms with Gasteiger partial charge in [0, 0.05) is 5.69 Å². The molecule has 2 aromatic rings. The van der Waals surface area contributed by atoms with E-state index >= 15 is 0 Å². The van der Waals surface area contributed by atoms with Gasteiger partial charge in [-0.15, -0.1) is 0 Å². The Morgan fingerprint density at radius 1 is 1.23 bits per heavy atom. The summed E-state index contributed by atoms with van der Waals surface area (Å²) in [6, 6.07) is 11.1. The highest BCUT2D eigenvalue weighted by Crippen LogP contribution is 2.40. The normalized spacial score (nSPS) is 14.6. The Morgan fingerprint density at radius 2 is 1.95 bits per heavy atom. The lowest BCUT2D eigenvalue weighted by Crippen LogP contribution is -2.24. The Kier molecular flexibility index (Phi) is 3.68. The summed E-state index contributed by atoms with van der Waals surface area (Å²) in [5.41, 5.74) is 2.77. The number of rotatable bonds is 3. The average molecular weight is 296 g/mol. The van der Waals surface area contributed by atoms with Crippen molar-refractivity contribution in [3.05, 3.63) is 48.0 Å². The summed E-state index contributed by atoms with van der Waals surface area (Å²) in [6.45, 7) is 4.39. The quantitative estimate of drug-likeness (QED) is 0.631. The van der Waals surface area contributed by atoms with Crippen molar-refractivity contribution in [2.45, 2.75) is 26.2 Å². The summed E-state index contributed by atoms with van der Waals surface area (Å²) in [5, 5.41) is 9.24. The number of benzene rings is 1. The molecule has 1 aliphatic rings. The van der Waals surface area contributed by atoms with E-state index < -0.39 is 5.95 Å². The second kappa shape index (κ2) is 5.64. The lowest BCUT2D eigenvalue weighted by Gasteiger charge is -2.20. The number of halogens is 1. The fourth-order valence-corrected chi connectivity index (χ4v) is 2.63. The summed E-state index contributed by atoms with van der Waals surface area (Å²) in [5.74, 6) is -0.266. The minimum atomic E-state index is -0.493. The van der Waals surface area contributed by atoms with Crippen LogP contribution in [0, 0.1) is 17.4 Å². The van der Waals surface area contributed by atoms with Crippen molar-refractivity contribution in [1.82, 2.24) is 4.98 Å². The lowest BCUT2D eigenvalue weighted by atomic mass is 10.0. The Labute approximate surface area is 129 Å². The predicted molar refractivity (Wildman–Crippen MR) is 84.4 cm³/mol. The zero-order valence-electron chi connectivity index (χ0n) is 12.6. The number of nitrogens with zero attached hydrogens (tertiary/aromatic N) is 4. The number of hydrogen-bond donors (Lipinski definition) is 0. The first-order valence-electron chi connectivity index (χ1n) is 7.36. The Balaban J connectivity index is 2.01. The van der Waals surface area contributed by atoms with Crippen molar-refractivity contribution >= 4 is 17.1 Å². The van der Waals surface area contributed by atoms with Gasteiger partial charge < -0.3 is 4.90 Å². The van der Waals surface area contributed by atoms with Gasteiger partial charge in [0.05, 0.1) is 17.1 Å². The van der Waals surface area contributed by atoms with Gasteiger partial charge >= 0.3 is 0 Å². The van der Waals surface area contributed by atoms with Gasteiger partial charge in [0.2, 0.25) is 5.95 Å². The summed E-state index contributed by atoms with van der Waals surface area (Å²) < 4.78 is 14.5. The molecule has 22 heavy (non-hydrogen) atoms. The van der Waals surface area contributed by atoms with E-state index in [1.807, 2.05) is 37.3 Å². The molecule has 112 valence electrons. The molecule has 1 aromatic heterocycles. The molecular formula is C17H17FN4. The average Bonchev–Trinajstić information content (AvgIpc) is 2.92. The number of pyridine rings is 1. The molecule has 0 aliphatic carbocycles. The van der Waals surface area contributed by atoms with E-state index in [2.05, 4.69) is 18.1 Å². The molecule has 1 unspecified atom stereocenters. The van der Waals surface area contributed by atoms with Crippen LogP contribution in [0.15, 0.2) is 36.4 Å². The van der Waals surface area contributed by atoms with E-state index in [1.165, 1.54) is 4.90 Å². The highest BCUT2D eigenvalue weighted by molar-refractivity contribution is 5.83. The van der Waals surface area contributed by atoms with Crippen LogP contribution in [0.4, 0.5) is 21.5 Å². The van der Waals surface area contributed by atoms with E-state index in [-0.39, 0.29) is 5.92 Å². The maximum atomic E-state index is 14.5. The molecule has 5 heteroatoms. The highest BCUT2D eigenvalue weighted by atomic mass is 19.1. The molecule has 0 bridgehead atoms. The number of hydrogen-bond acceptors (Lipinski definition) is 4. The minimum absolute atomic E-state index is 0.227. The van der Waals surface area contributed by atoms with Gasteiger partial charge in [-0.1, -0.05) is 26.0 Å². The molecule has 0 saturated carbocycles. The molecule has 3 rings (SSSR count). The van der Waals surface area contributed by atoms with Gasteiger partial charge in [0.1, 0.15) is 6.67 Å². The first-order chi connectivity index (χ1) is 10.7. The lowest BCUT2D eigenvalue weighted by molar-refractivity contribution is 0.565. The fraction of sp³-hybridized carbons (Fsp3) is 0.294. The van der Waals surface area contributed by atoms with Crippen LogP contribution in [0.1, 0.15) is 31.9 Å². The van der Waals surface area contributed by atoms with Gasteiger partial charge in [-0.2, -0.15) is 9.65 Å². The van der Waals surface area contributed by atoms with E-state index in [1.54, 1.807) is 11.0 Å². The number of anilines is 3. The fourth-order valence-electron chi connectivity index (χ4n) is 2.63. The second-order valence-corrected chi connectivity index (χ2v) is 5.44. The van der Waals surface area contributed by atoms with Crippen molar-refractivity contribution in [2.75, 3.05) is 16.5 Å². The minimum Gasteiger partial charge on any atom is -0.316 e. The molecule has 2 heterocycles. The smallest absolute Gasteiger partial charge is 0.237 e. The third kappa shape index (κ3) is 2.27. The first kappa shape index (κ1) is 14.3. The topological polar surface area (TPSA) is 43.2 Å². The molecule has 1 aromatic carbocycles. The number of para-hydroxylation sites is 2. The van der Waals surface area contributed by atoms with E-state index in [9.17, 15) is 9.65 Å². The Hall–Kier alpha value is -2.61. The zero-order chi connectivity index (χ0) is 15.7. The first-order valence-corrected chi connectivity index (χ1v) is 7.36. The van der Waals surface area contributed by atoms with Crippen molar-refractivity contribution < 1.29 is 4.39 Å². The van der Waals surface area contributed by atoms with Crippen LogP contribution in [-0.4, -0.2) is 11.7 Å². The van der Waals surface area contributed by atoms with Crippen molar-refractivity contribution in [3.8, 4) is 6.19 Å². The summed E-state index contributed by atoms with van der Waals surface area (Å²) in [4.78, 5) is 7.42. The standard InChI is InChI=1S/C17H17FN4/c1-3-12(2)13-8-9-16(17(18)20-13)22-11-21(10-19)14-6-4-5-7-15(14)22/h4-9,12H,3,11H2,1-2H3. The molecular weight excluding hydrogens is 279 g/mol. The molecule has 0 amide bonds. The molecule has 1 aliphatic heterocycles. The summed E-state index contributed by atoms with van der Waals surface area (Å²) in [7, 11) is 0. The zero-order valence-corrected chi connectivity index (χ0v) is 12.6. The van der Waals surface area contributed by atoms with Gasteiger partial charge in [-0.25, -0.2) is 4.98 Å². The maximum absolute atomic E-state index is 14.5. The summed E-state index contributed by atoms with van der Waals surface area (Å²) >= 11 is 0. The molecule has 0 radical (unpaired) electrons. The van der Waals surface area contributed by atoms with E-state index in [4.69, 9.17) is 0 Å². The van der Waals surface area contributed by atoms with Crippen LogP contribution < -0.4 is 9.80 Å². The van der Waals surface area contributed by atoms with E-state index in [0.29, 0.717) is 12.4 Å². The van der Waals surface area contributed by atoms with E-state index in [0.717, 1.165) is 23.5 Å². The largest absolute Gasteiger partial charge is 0.316 e. The van der Waals surface area contributed by atoms with Gasteiger partial charge in [-0.3, -0.25) is 4.90 Å². The third-order valence-electron chi connectivity index (χ3n) is 4.13. The van der Waals surface area contributed by atoms with Gasteiger partial charge in [0.15, 0.2) is 6.19 Å². The third-order valence-corrected chi connectivity index (χ3v) is 4.13. The van der Waals surface area contributed by atoms with Crippen molar-refractivity contribution in [1.29, 1.82) is 5.26 Å². The second-order valence-electron chi connectivity index (χ2n) is 5.44. The van der Waals surface area contributed by atoms with Crippen LogP contribution in [0.25, 0.3) is 0 Å². The highest BCUT2D eigenvalue weighted by Gasteiger charge is 2.28. The predicted octanol–water partition coefficient (Wildman–Crippen LogP) is 4.13. The number of fused-ring (bicyclic) bond motifs is 1. The van der Waals surface area contributed by atoms with Crippen LogP contribution in [0.3, 0.4) is 0 Å². The van der Waals surface area contributed by atoms with Crippen molar-refractivity contribution in [2.24, 2.45) is 0 Å². The Bertz CT molecular complexity index is 738. The van der Waals surface area contributed by atoms with Gasteiger partial charge in [0.25, 0.3) is 0 Å². The van der Waals surface area contributed by atoms with Crippen LogP contribution in [-0.2, 0) is 0 Å². The number of aromatic nitrogens is 1. The molecule has 0 spiro atoms. The SMILES string of the molecule is CCC(C)c1ccc(N2CN(C#N)c3ccccc32)c(F)n1. The van der Waals surface area contributed by atoms with Crippen LogP contribution >= 0.6 is 0 Å².